The zero-order valence-electron chi connectivity index (χ0n) is 13.1. The summed E-state index contributed by atoms with van der Waals surface area (Å²) in [5.41, 5.74) is 3.36. The number of anilines is 1. The van der Waals surface area contributed by atoms with Gasteiger partial charge in [-0.05, 0) is 35.7 Å². The van der Waals surface area contributed by atoms with Crippen LogP contribution in [0.5, 0.6) is 0 Å². The van der Waals surface area contributed by atoms with Crippen molar-refractivity contribution >= 4 is 23.1 Å². The van der Waals surface area contributed by atoms with Crippen molar-refractivity contribution in [3.63, 3.8) is 0 Å². The second kappa shape index (κ2) is 5.30. The highest BCUT2D eigenvalue weighted by Gasteiger charge is 2.41. The Morgan fingerprint density at radius 3 is 2.42 bits per heavy atom. The summed E-state index contributed by atoms with van der Waals surface area (Å²) >= 11 is 0. The van der Waals surface area contributed by atoms with Crippen LogP contribution in [0.1, 0.15) is 11.1 Å². The van der Waals surface area contributed by atoms with E-state index in [-0.39, 0.29) is 17.6 Å². The Bertz CT molecular complexity index is 886. The number of hydrogen-bond donors (Lipinski definition) is 0. The fraction of sp³-hybridized carbons (Fsp3) is 0.158. The second-order valence-electron chi connectivity index (χ2n) is 5.93. The first-order valence-corrected chi connectivity index (χ1v) is 7.76. The maximum atomic E-state index is 13.2. The first kappa shape index (κ1) is 14.6. The number of rotatable bonds is 2. The number of benzene rings is 2. The summed E-state index contributed by atoms with van der Waals surface area (Å²) < 4.78 is 13.2. The van der Waals surface area contributed by atoms with Crippen LogP contribution in [0.4, 0.5) is 10.1 Å². The number of hydrogen-bond acceptors (Lipinski definition) is 3. The molecule has 0 aromatic heterocycles. The highest BCUT2D eigenvalue weighted by Crippen LogP contribution is 2.37. The van der Waals surface area contributed by atoms with Crippen LogP contribution >= 0.6 is 0 Å². The van der Waals surface area contributed by atoms with Gasteiger partial charge in [0.05, 0.1) is 5.57 Å². The molecule has 0 N–H and O–H groups in total. The molecule has 0 fully saturated rings. The quantitative estimate of drug-likeness (QED) is 0.798. The maximum Gasteiger partial charge on any atom is 0.277 e. The molecule has 2 aliphatic rings. The van der Waals surface area contributed by atoms with Crippen LogP contribution < -0.4 is 4.90 Å². The summed E-state index contributed by atoms with van der Waals surface area (Å²) in [6, 6.07) is 13.5. The minimum Gasteiger partial charge on any atom is -0.336 e. The van der Waals surface area contributed by atoms with Crippen LogP contribution in [-0.2, 0) is 16.0 Å². The van der Waals surface area contributed by atoms with Crippen molar-refractivity contribution in [2.75, 3.05) is 18.5 Å². The van der Waals surface area contributed by atoms with Gasteiger partial charge in [-0.2, -0.15) is 0 Å². The molecule has 0 saturated heterocycles. The molecule has 2 amide bonds. The lowest BCUT2D eigenvalue weighted by Gasteiger charge is -2.21. The molecule has 0 atom stereocenters. The van der Waals surface area contributed by atoms with Gasteiger partial charge in [0, 0.05) is 19.3 Å². The van der Waals surface area contributed by atoms with E-state index in [1.807, 2.05) is 29.2 Å². The average Bonchev–Trinajstić information content (AvgIpc) is 3.11. The first-order valence-electron chi connectivity index (χ1n) is 7.76. The molecule has 2 aromatic carbocycles. The summed E-state index contributed by atoms with van der Waals surface area (Å²) in [5, 5.41) is 0. The molecule has 0 saturated carbocycles. The minimum atomic E-state index is -0.377. The maximum absolute atomic E-state index is 13.2. The number of fused-ring (bicyclic) bond motifs is 1. The molecule has 4 rings (SSSR count). The first-order chi connectivity index (χ1) is 11.6. The third-order valence-electron chi connectivity index (χ3n) is 4.55. The molecule has 0 bridgehead atoms. The van der Waals surface area contributed by atoms with Gasteiger partial charge in [-0.25, -0.2) is 4.39 Å². The number of carbonyl (C=O) groups excluding carboxylic acids is 2. The summed E-state index contributed by atoms with van der Waals surface area (Å²) in [4.78, 5) is 28.3. The summed E-state index contributed by atoms with van der Waals surface area (Å²) in [6.07, 6.45) is 0.821. The molecule has 4 nitrogen and oxygen atoms in total. The fourth-order valence-electron chi connectivity index (χ4n) is 3.32. The summed E-state index contributed by atoms with van der Waals surface area (Å²) in [5.74, 6) is -1.06. The smallest absolute Gasteiger partial charge is 0.277 e. The Labute approximate surface area is 138 Å². The Hall–Kier alpha value is -2.95. The van der Waals surface area contributed by atoms with E-state index in [0.717, 1.165) is 22.6 Å². The predicted molar refractivity (Wildman–Crippen MR) is 88.6 cm³/mol. The van der Waals surface area contributed by atoms with E-state index < -0.39 is 0 Å². The van der Waals surface area contributed by atoms with Gasteiger partial charge in [-0.15, -0.1) is 0 Å². The molecule has 120 valence electrons. The third kappa shape index (κ3) is 2.05. The summed E-state index contributed by atoms with van der Waals surface area (Å²) in [7, 11) is 1.48. The van der Waals surface area contributed by atoms with Gasteiger partial charge in [-0.3, -0.25) is 14.5 Å². The number of halogens is 1. The highest BCUT2D eigenvalue weighted by molar-refractivity contribution is 6.36. The molecule has 5 heteroatoms. The molecule has 0 radical (unpaired) electrons. The number of para-hydroxylation sites is 1. The van der Waals surface area contributed by atoms with E-state index in [4.69, 9.17) is 0 Å². The van der Waals surface area contributed by atoms with Crippen LogP contribution in [-0.4, -0.2) is 30.3 Å². The van der Waals surface area contributed by atoms with E-state index >= 15 is 0 Å². The van der Waals surface area contributed by atoms with Crippen molar-refractivity contribution in [2.45, 2.75) is 6.42 Å². The number of imide groups is 1. The molecular formula is C19H15FN2O2. The zero-order chi connectivity index (χ0) is 16.8. The van der Waals surface area contributed by atoms with E-state index in [9.17, 15) is 14.0 Å². The lowest BCUT2D eigenvalue weighted by Crippen LogP contribution is -2.31. The number of likely N-dealkylation sites (N-methyl/N-ethyl adjacent to an activating group) is 1. The van der Waals surface area contributed by atoms with Crippen molar-refractivity contribution in [1.29, 1.82) is 0 Å². The molecular weight excluding hydrogens is 307 g/mol. The van der Waals surface area contributed by atoms with Gasteiger partial charge < -0.3 is 4.90 Å². The number of amides is 2. The molecule has 2 aliphatic heterocycles. The Kier molecular flexibility index (Phi) is 3.23. The predicted octanol–water partition coefficient (Wildman–Crippen LogP) is 2.60. The molecule has 0 aliphatic carbocycles. The van der Waals surface area contributed by atoms with Crippen molar-refractivity contribution in [2.24, 2.45) is 0 Å². The monoisotopic (exact) mass is 322 g/mol. The topological polar surface area (TPSA) is 40.6 Å². The number of carbonyl (C=O) groups is 2. The molecule has 2 aromatic rings. The molecule has 2 heterocycles. The normalized spacial score (nSPS) is 17.1. The van der Waals surface area contributed by atoms with Crippen molar-refractivity contribution in [3.8, 4) is 0 Å². The van der Waals surface area contributed by atoms with E-state index in [1.165, 1.54) is 31.3 Å². The van der Waals surface area contributed by atoms with Crippen molar-refractivity contribution in [3.05, 3.63) is 71.2 Å². The Morgan fingerprint density at radius 1 is 0.958 bits per heavy atom. The molecule has 24 heavy (non-hydrogen) atoms. The van der Waals surface area contributed by atoms with Gasteiger partial charge in [0.1, 0.15) is 11.5 Å². The second-order valence-corrected chi connectivity index (χ2v) is 5.93. The number of nitrogens with zero attached hydrogens (tertiary/aromatic N) is 2. The highest BCUT2D eigenvalue weighted by atomic mass is 19.1. The molecule has 0 spiro atoms. The van der Waals surface area contributed by atoms with Crippen molar-refractivity contribution in [1.82, 2.24) is 4.90 Å². The van der Waals surface area contributed by atoms with Gasteiger partial charge in [0.2, 0.25) is 0 Å². The minimum absolute atomic E-state index is 0.323. The van der Waals surface area contributed by atoms with Gasteiger partial charge in [0.15, 0.2) is 0 Å². The third-order valence-corrected chi connectivity index (χ3v) is 4.55. The standard InChI is InChI=1S/C19H15FN2O2/c1-21-18(23)16(13-6-8-14(20)9-7-13)17(19(21)24)22-11-10-12-4-2-3-5-15(12)22/h2-9H,10-11H2,1H3. The Morgan fingerprint density at radius 2 is 1.67 bits per heavy atom. The fourth-order valence-corrected chi connectivity index (χ4v) is 3.32. The zero-order valence-corrected chi connectivity index (χ0v) is 13.1. The molecule has 0 unspecified atom stereocenters. The van der Waals surface area contributed by atoms with Crippen LogP contribution in [0.25, 0.3) is 5.57 Å². The van der Waals surface area contributed by atoms with Gasteiger partial charge in [0.25, 0.3) is 11.8 Å². The van der Waals surface area contributed by atoms with Crippen LogP contribution in [0.2, 0.25) is 0 Å². The van der Waals surface area contributed by atoms with Gasteiger partial charge in [-0.1, -0.05) is 30.3 Å². The SMILES string of the molecule is CN1C(=O)C(c2ccc(F)cc2)=C(N2CCc3ccccc32)C1=O. The van der Waals surface area contributed by atoms with E-state index in [2.05, 4.69) is 0 Å². The van der Waals surface area contributed by atoms with Gasteiger partial charge >= 0.3 is 0 Å². The Balaban J connectivity index is 1.90. The van der Waals surface area contributed by atoms with Crippen LogP contribution in [0, 0.1) is 5.82 Å². The lowest BCUT2D eigenvalue weighted by atomic mass is 10.0. The largest absolute Gasteiger partial charge is 0.336 e. The average molecular weight is 322 g/mol. The van der Waals surface area contributed by atoms with Crippen molar-refractivity contribution < 1.29 is 14.0 Å². The van der Waals surface area contributed by atoms with Crippen LogP contribution in [0.15, 0.2) is 54.2 Å². The van der Waals surface area contributed by atoms with Crippen LogP contribution in [0.3, 0.4) is 0 Å². The lowest BCUT2D eigenvalue weighted by molar-refractivity contribution is -0.135. The van der Waals surface area contributed by atoms with E-state index in [1.54, 1.807) is 0 Å². The summed E-state index contributed by atoms with van der Waals surface area (Å²) in [6.45, 7) is 0.645. The van der Waals surface area contributed by atoms with E-state index in [0.29, 0.717) is 23.4 Å².